The second-order valence-electron chi connectivity index (χ2n) is 5.19. The lowest BCUT2D eigenvalue weighted by molar-refractivity contribution is -0.115. The van der Waals surface area contributed by atoms with Crippen LogP contribution in [0.25, 0.3) is 0 Å². The topological polar surface area (TPSA) is 55.1 Å². The van der Waals surface area contributed by atoms with Gasteiger partial charge in [0.05, 0.1) is 5.25 Å². The van der Waals surface area contributed by atoms with E-state index in [1.165, 1.54) is 25.7 Å². The van der Waals surface area contributed by atoms with Gasteiger partial charge in [0.1, 0.15) is 0 Å². The summed E-state index contributed by atoms with van der Waals surface area (Å²) in [5, 5.41) is 3.63. The highest BCUT2D eigenvalue weighted by Crippen LogP contribution is 2.32. The van der Waals surface area contributed by atoms with E-state index in [1.807, 2.05) is 32.0 Å². The predicted molar refractivity (Wildman–Crippen MR) is 83.5 cm³/mol. The van der Waals surface area contributed by atoms with Crippen LogP contribution in [0, 0.1) is 6.92 Å². The number of nitrogens with two attached hydrogens (primary N) is 1. The number of thioether (sulfide) groups is 1. The Labute approximate surface area is 119 Å². The number of carbonyl (C=O) groups is 1. The van der Waals surface area contributed by atoms with E-state index >= 15 is 0 Å². The van der Waals surface area contributed by atoms with Gasteiger partial charge in [0.2, 0.25) is 5.91 Å². The van der Waals surface area contributed by atoms with Crippen molar-refractivity contribution in [2.24, 2.45) is 0 Å². The molecule has 1 aromatic carbocycles. The van der Waals surface area contributed by atoms with Crippen molar-refractivity contribution in [1.82, 2.24) is 0 Å². The highest BCUT2D eigenvalue weighted by Gasteiger charge is 2.22. The molecule has 0 spiro atoms. The van der Waals surface area contributed by atoms with Crippen molar-refractivity contribution >= 4 is 29.0 Å². The van der Waals surface area contributed by atoms with Gasteiger partial charge in [-0.05, 0) is 44.4 Å². The number of carbonyl (C=O) groups excluding carboxylic acids is 1. The van der Waals surface area contributed by atoms with Crippen LogP contribution in [0.3, 0.4) is 0 Å². The van der Waals surface area contributed by atoms with Crippen LogP contribution in [0.4, 0.5) is 11.4 Å². The monoisotopic (exact) mass is 278 g/mol. The fraction of sp³-hybridized carbons (Fsp3) is 0.533. The summed E-state index contributed by atoms with van der Waals surface area (Å²) in [6.45, 7) is 3.92. The van der Waals surface area contributed by atoms with Crippen LogP contribution in [0.5, 0.6) is 0 Å². The minimum absolute atomic E-state index is 0.0102. The molecule has 0 radical (unpaired) electrons. The van der Waals surface area contributed by atoms with E-state index in [1.54, 1.807) is 11.8 Å². The maximum Gasteiger partial charge on any atom is 0.237 e. The molecule has 4 heteroatoms. The molecule has 0 aliphatic heterocycles. The smallest absolute Gasteiger partial charge is 0.237 e. The van der Waals surface area contributed by atoms with Gasteiger partial charge in [-0.2, -0.15) is 0 Å². The average molecular weight is 278 g/mol. The van der Waals surface area contributed by atoms with Crippen LogP contribution in [0.15, 0.2) is 18.2 Å². The van der Waals surface area contributed by atoms with Crippen LogP contribution in [0.2, 0.25) is 0 Å². The maximum absolute atomic E-state index is 12.2. The molecule has 104 valence electrons. The second-order valence-corrected chi connectivity index (χ2v) is 6.84. The van der Waals surface area contributed by atoms with Gasteiger partial charge >= 0.3 is 0 Å². The summed E-state index contributed by atoms with van der Waals surface area (Å²) in [5.41, 5.74) is 8.33. The van der Waals surface area contributed by atoms with Gasteiger partial charge in [0.25, 0.3) is 0 Å². The number of hydrogen-bond acceptors (Lipinski definition) is 3. The SMILES string of the molecule is Cc1c(N)cccc1NC(=O)C(C)SC1CCCC1. The summed E-state index contributed by atoms with van der Waals surface area (Å²) in [5.74, 6) is 0.0746. The lowest BCUT2D eigenvalue weighted by Gasteiger charge is -2.17. The molecule has 1 unspecified atom stereocenters. The van der Waals surface area contributed by atoms with Crippen molar-refractivity contribution in [2.75, 3.05) is 11.1 Å². The third kappa shape index (κ3) is 3.66. The molecule has 3 nitrogen and oxygen atoms in total. The Balaban J connectivity index is 1.94. The zero-order valence-corrected chi connectivity index (χ0v) is 12.4. The Morgan fingerprint density at radius 2 is 2.11 bits per heavy atom. The molecule has 1 aliphatic rings. The molecule has 19 heavy (non-hydrogen) atoms. The van der Waals surface area contributed by atoms with Gasteiger partial charge in [-0.1, -0.05) is 18.9 Å². The average Bonchev–Trinajstić information content (AvgIpc) is 2.87. The number of nitrogens with one attached hydrogen (secondary N) is 1. The van der Waals surface area contributed by atoms with Crippen molar-refractivity contribution in [3.63, 3.8) is 0 Å². The van der Waals surface area contributed by atoms with Crippen molar-refractivity contribution in [2.45, 2.75) is 50.0 Å². The normalized spacial score (nSPS) is 17.4. The first-order chi connectivity index (χ1) is 9.08. The van der Waals surface area contributed by atoms with Gasteiger partial charge in [0.15, 0.2) is 0 Å². The standard InChI is InChI=1S/C15H22N2OS/c1-10-13(16)8-5-9-14(10)17-15(18)11(2)19-12-6-3-4-7-12/h5,8-9,11-12H,3-4,6-7,16H2,1-2H3,(H,17,18). The molecule has 0 saturated heterocycles. The largest absolute Gasteiger partial charge is 0.398 e. The zero-order valence-electron chi connectivity index (χ0n) is 11.6. The molecule has 0 heterocycles. The molecular formula is C15H22N2OS. The van der Waals surface area contributed by atoms with E-state index < -0.39 is 0 Å². The maximum atomic E-state index is 12.2. The van der Waals surface area contributed by atoms with Crippen molar-refractivity contribution < 1.29 is 4.79 Å². The summed E-state index contributed by atoms with van der Waals surface area (Å²) in [6, 6.07) is 5.62. The van der Waals surface area contributed by atoms with Gasteiger partial charge in [-0.15, -0.1) is 11.8 Å². The van der Waals surface area contributed by atoms with E-state index in [9.17, 15) is 4.79 Å². The van der Waals surface area contributed by atoms with E-state index in [0.717, 1.165) is 11.3 Å². The summed E-state index contributed by atoms with van der Waals surface area (Å²) >= 11 is 1.80. The van der Waals surface area contributed by atoms with Gasteiger partial charge in [-0.25, -0.2) is 0 Å². The zero-order chi connectivity index (χ0) is 13.8. The number of rotatable bonds is 4. The first-order valence-electron chi connectivity index (χ1n) is 6.89. The summed E-state index contributed by atoms with van der Waals surface area (Å²) in [7, 11) is 0. The molecule has 1 aliphatic carbocycles. The number of hydrogen-bond donors (Lipinski definition) is 2. The number of benzene rings is 1. The quantitative estimate of drug-likeness (QED) is 0.828. The number of nitrogen functional groups attached to an aromatic ring is 1. The summed E-state index contributed by atoms with van der Waals surface area (Å²) in [6.07, 6.45) is 5.11. The molecule has 1 amide bonds. The second kappa shape index (κ2) is 6.33. The molecular weight excluding hydrogens is 256 g/mol. The molecule has 1 aromatic rings. The summed E-state index contributed by atoms with van der Waals surface area (Å²) in [4.78, 5) is 12.2. The number of amides is 1. The van der Waals surface area contributed by atoms with Crippen LogP contribution >= 0.6 is 11.8 Å². The van der Waals surface area contributed by atoms with E-state index in [4.69, 9.17) is 5.73 Å². The van der Waals surface area contributed by atoms with Crippen molar-refractivity contribution in [3.8, 4) is 0 Å². The molecule has 1 fully saturated rings. The Kier molecular flexibility index (Phi) is 4.75. The Hall–Kier alpha value is -1.16. The lowest BCUT2D eigenvalue weighted by Crippen LogP contribution is -2.24. The Morgan fingerprint density at radius 1 is 1.42 bits per heavy atom. The number of anilines is 2. The van der Waals surface area contributed by atoms with E-state index in [0.29, 0.717) is 10.9 Å². The fourth-order valence-electron chi connectivity index (χ4n) is 2.40. The minimum atomic E-state index is -0.0102. The predicted octanol–water partition coefficient (Wildman–Crippen LogP) is 3.58. The Morgan fingerprint density at radius 3 is 2.79 bits per heavy atom. The first-order valence-corrected chi connectivity index (χ1v) is 7.83. The van der Waals surface area contributed by atoms with Gasteiger partial charge < -0.3 is 11.1 Å². The van der Waals surface area contributed by atoms with E-state index in [2.05, 4.69) is 5.32 Å². The molecule has 1 atom stereocenters. The molecule has 1 saturated carbocycles. The lowest BCUT2D eigenvalue weighted by atomic mass is 10.1. The van der Waals surface area contributed by atoms with E-state index in [-0.39, 0.29) is 11.2 Å². The highest BCUT2D eigenvalue weighted by atomic mass is 32.2. The Bertz CT molecular complexity index is 455. The molecule has 3 N–H and O–H groups in total. The van der Waals surface area contributed by atoms with Crippen molar-refractivity contribution in [1.29, 1.82) is 0 Å². The third-order valence-corrected chi connectivity index (χ3v) is 5.18. The van der Waals surface area contributed by atoms with Gasteiger partial charge in [0, 0.05) is 16.6 Å². The minimum Gasteiger partial charge on any atom is -0.398 e. The molecule has 2 rings (SSSR count). The van der Waals surface area contributed by atoms with Crippen LogP contribution < -0.4 is 11.1 Å². The van der Waals surface area contributed by atoms with Crippen LogP contribution in [0.1, 0.15) is 38.2 Å². The van der Waals surface area contributed by atoms with Crippen LogP contribution in [-0.2, 0) is 4.79 Å². The highest BCUT2D eigenvalue weighted by molar-refractivity contribution is 8.01. The molecule has 0 bridgehead atoms. The first kappa shape index (κ1) is 14.3. The van der Waals surface area contributed by atoms with Crippen molar-refractivity contribution in [3.05, 3.63) is 23.8 Å². The van der Waals surface area contributed by atoms with Crippen LogP contribution in [-0.4, -0.2) is 16.4 Å². The fourth-order valence-corrected chi connectivity index (χ4v) is 3.76. The van der Waals surface area contributed by atoms with Gasteiger partial charge in [-0.3, -0.25) is 4.79 Å². The summed E-state index contributed by atoms with van der Waals surface area (Å²) < 4.78 is 0. The third-order valence-electron chi connectivity index (χ3n) is 3.70. The molecule has 0 aromatic heterocycles.